The van der Waals surface area contributed by atoms with Crippen LogP contribution < -0.4 is 21.3 Å². The molecule has 0 aromatic carbocycles. The molecule has 2 N–H and O–H groups in total. The second-order valence-electron chi connectivity index (χ2n) is 7.04. The zero-order chi connectivity index (χ0) is 24.4. The third-order valence-electron chi connectivity index (χ3n) is 5.19. The summed E-state index contributed by atoms with van der Waals surface area (Å²) < 4.78 is 7.94. The van der Waals surface area contributed by atoms with E-state index in [2.05, 4.69) is 15.3 Å². The molecule has 34 heavy (non-hydrogen) atoms. The molecule has 4 heterocycles. The standard InChI is InChI=1S/C22H18ClN7O3S/c1-26-18-12(8-25)9-27-11-16(18)30-21(31)19-15(29(22(30)32)5-3-4-24)7-17(34-19)14-6-13(33-2)10-28-20(14)23/h6-11,25H,3,5H2,1-2H3,(H,26,27). The Labute approximate surface area is 202 Å². The topological polar surface area (TPSA) is 139 Å². The molecule has 4 rings (SSSR count). The molecule has 0 amide bonds. The summed E-state index contributed by atoms with van der Waals surface area (Å²) in [6.45, 7) is 0.0823. The lowest BCUT2D eigenvalue weighted by Gasteiger charge is -2.15. The van der Waals surface area contributed by atoms with E-state index in [9.17, 15) is 9.59 Å². The minimum atomic E-state index is -0.618. The van der Waals surface area contributed by atoms with Crippen LogP contribution in [-0.2, 0) is 6.54 Å². The van der Waals surface area contributed by atoms with Crippen LogP contribution in [0, 0.1) is 16.7 Å². The fraction of sp³-hybridized carbons (Fsp3) is 0.182. The molecule has 4 aromatic heterocycles. The lowest BCUT2D eigenvalue weighted by molar-refractivity contribution is 0.413. The first-order chi connectivity index (χ1) is 16.4. The smallest absolute Gasteiger partial charge is 0.336 e. The SMILES string of the molecule is CNc1c(C=N)cncc1-n1c(=O)c2sc(-c3cc(OC)cnc3Cl)cc2n(CCC#N)c1=O. The van der Waals surface area contributed by atoms with Crippen molar-refractivity contribution in [1.82, 2.24) is 19.1 Å². The quantitative estimate of drug-likeness (QED) is 0.296. The van der Waals surface area contributed by atoms with Crippen molar-refractivity contribution in [2.75, 3.05) is 19.5 Å². The van der Waals surface area contributed by atoms with Gasteiger partial charge in [-0.1, -0.05) is 11.6 Å². The molecule has 0 atom stereocenters. The molecule has 0 unspecified atom stereocenters. The summed E-state index contributed by atoms with van der Waals surface area (Å²) in [7, 11) is 3.14. The number of anilines is 1. The number of methoxy groups -OCH3 is 1. The highest BCUT2D eigenvalue weighted by molar-refractivity contribution is 7.22. The first-order valence-electron chi connectivity index (χ1n) is 9.98. The van der Waals surface area contributed by atoms with Gasteiger partial charge < -0.3 is 15.5 Å². The third kappa shape index (κ3) is 3.83. The number of aryl methyl sites for hydroxylation is 1. The molecule has 10 nitrogen and oxygen atoms in total. The second kappa shape index (κ2) is 9.46. The van der Waals surface area contributed by atoms with Gasteiger partial charge in [0.1, 0.15) is 15.6 Å². The molecule has 0 saturated carbocycles. The van der Waals surface area contributed by atoms with Gasteiger partial charge in [-0.3, -0.25) is 14.3 Å². The van der Waals surface area contributed by atoms with Gasteiger partial charge in [0, 0.05) is 42.0 Å². The van der Waals surface area contributed by atoms with Gasteiger partial charge in [0.05, 0.1) is 48.9 Å². The minimum absolute atomic E-state index is 0.0670. The van der Waals surface area contributed by atoms with Gasteiger partial charge in [-0.05, 0) is 12.1 Å². The number of nitriles is 1. The van der Waals surface area contributed by atoms with E-state index in [1.165, 1.54) is 30.3 Å². The Morgan fingerprint density at radius 3 is 2.79 bits per heavy atom. The summed E-state index contributed by atoms with van der Waals surface area (Å²) in [5.74, 6) is 0.490. The van der Waals surface area contributed by atoms with E-state index in [0.29, 0.717) is 37.7 Å². The van der Waals surface area contributed by atoms with E-state index in [4.69, 9.17) is 27.0 Å². The molecule has 0 saturated heterocycles. The van der Waals surface area contributed by atoms with Gasteiger partial charge in [-0.15, -0.1) is 11.3 Å². The van der Waals surface area contributed by atoms with Crippen LogP contribution in [0.1, 0.15) is 12.0 Å². The predicted octanol–water partition coefficient (Wildman–Crippen LogP) is 3.29. The van der Waals surface area contributed by atoms with E-state index in [1.807, 2.05) is 6.07 Å². The van der Waals surface area contributed by atoms with Crippen molar-refractivity contribution in [2.45, 2.75) is 13.0 Å². The van der Waals surface area contributed by atoms with Crippen LogP contribution in [0.4, 0.5) is 5.69 Å². The van der Waals surface area contributed by atoms with Gasteiger partial charge in [-0.2, -0.15) is 5.26 Å². The molecule has 0 aliphatic heterocycles. The van der Waals surface area contributed by atoms with Crippen LogP contribution in [0.25, 0.3) is 26.3 Å². The fourth-order valence-corrected chi connectivity index (χ4v) is 4.97. The lowest BCUT2D eigenvalue weighted by atomic mass is 10.2. The molecule has 4 aromatic rings. The lowest BCUT2D eigenvalue weighted by Crippen LogP contribution is -2.39. The Kier molecular flexibility index (Phi) is 6.45. The fourth-order valence-electron chi connectivity index (χ4n) is 3.60. The average molecular weight is 496 g/mol. The number of nitrogens with zero attached hydrogens (tertiary/aromatic N) is 5. The Hall–Kier alpha value is -4.01. The average Bonchev–Trinajstić information content (AvgIpc) is 3.29. The number of ether oxygens (including phenoxy) is 1. The third-order valence-corrected chi connectivity index (χ3v) is 6.63. The molecule has 0 radical (unpaired) electrons. The normalized spacial score (nSPS) is 10.8. The van der Waals surface area contributed by atoms with Gasteiger partial charge >= 0.3 is 5.69 Å². The maximum absolute atomic E-state index is 13.6. The molecule has 172 valence electrons. The molecular formula is C22H18ClN7O3S. The highest BCUT2D eigenvalue weighted by Gasteiger charge is 2.21. The molecule has 0 aliphatic rings. The van der Waals surface area contributed by atoms with Crippen LogP contribution in [-0.4, -0.2) is 39.5 Å². The largest absolute Gasteiger partial charge is 0.495 e. The van der Waals surface area contributed by atoms with E-state index in [0.717, 1.165) is 22.1 Å². The molecule has 0 aliphatic carbocycles. The number of pyridine rings is 2. The zero-order valence-corrected chi connectivity index (χ0v) is 19.7. The minimum Gasteiger partial charge on any atom is -0.495 e. The zero-order valence-electron chi connectivity index (χ0n) is 18.1. The maximum atomic E-state index is 13.6. The number of fused-ring (bicyclic) bond motifs is 1. The number of hydrogen-bond acceptors (Lipinski definition) is 9. The van der Waals surface area contributed by atoms with Crippen molar-refractivity contribution < 1.29 is 4.74 Å². The van der Waals surface area contributed by atoms with E-state index in [1.54, 1.807) is 19.2 Å². The molecule has 0 bridgehead atoms. The van der Waals surface area contributed by atoms with Crippen LogP contribution in [0.15, 0.2) is 40.3 Å². The molecule has 0 fully saturated rings. The molecule has 12 heteroatoms. The maximum Gasteiger partial charge on any atom is 0.336 e. The predicted molar refractivity (Wildman–Crippen MR) is 132 cm³/mol. The van der Waals surface area contributed by atoms with Crippen molar-refractivity contribution >= 4 is 45.1 Å². The van der Waals surface area contributed by atoms with Crippen LogP contribution in [0.2, 0.25) is 5.15 Å². The van der Waals surface area contributed by atoms with E-state index in [-0.39, 0.29) is 23.8 Å². The summed E-state index contributed by atoms with van der Waals surface area (Å²) in [6.07, 6.45) is 5.48. The molecule has 0 spiro atoms. The van der Waals surface area contributed by atoms with E-state index < -0.39 is 11.2 Å². The van der Waals surface area contributed by atoms with Crippen molar-refractivity contribution in [3.8, 4) is 27.9 Å². The summed E-state index contributed by atoms with van der Waals surface area (Å²) in [6, 6.07) is 5.43. The first-order valence-corrected chi connectivity index (χ1v) is 11.2. The van der Waals surface area contributed by atoms with Gasteiger partial charge in [0.25, 0.3) is 5.56 Å². The Bertz CT molecular complexity index is 1580. The number of aromatic nitrogens is 4. The molecular weight excluding hydrogens is 478 g/mol. The monoisotopic (exact) mass is 495 g/mol. The Morgan fingerprint density at radius 2 is 2.12 bits per heavy atom. The highest BCUT2D eigenvalue weighted by atomic mass is 35.5. The number of thiophene rings is 1. The van der Waals surface area contributed by atoms with Crippen molar-refractivity contribution in [3.63, 3.8) is 0 Å². The Morgan fingerprint density at radius 1 is 1.32 bits per heavy atom. The van der Waals surface area contributed by atoms with Crippen molar-refractivity contribution in [1.29, 1.82) is 10.7 Å². The van der Waals surface area contributed by atoms with Gasteiger partial charge in [0.15, 0.2) is 0 Å². The number of rotatable bonds is 7. The summed E-state index contributed by atoms with van der Waals surface area (Å²) in [4.78, 5) is 36.0. The number of hydrogen-bond donors (Lipinski definition) is 2. The van der Waals surface area contributed by atoms with Crippen molar-refractivity contribution in [3.05, 3.63) is 62.3 Å². The second-order valence-corrected chi connectivity index (χ2v) is 8.45. The highest BCUT2D eigenvalue weighted by Crippen LogP contribution is 2.36. The van der Waals surface area contributed by atoms with Crippen molar-refractivity contribution in [2.24, 2.45) is 0 Å². The van der Waals surface area contributed by atoms with Gasteiger partial charge in [-0.25, -0.2) is 14.3 Å². The Balaban J connectivity index is 2.08. The van der Waals surface area contributed by atoms with Crippen LogP contribution >= 0.6 is 22.9 Å². The van der Waals surface area contributed by atoms with Crippen LogP contribution in [0.3, 0.4) is 0 Å². The van der Waals surface area contributed by atoms with E-state index >= 15 is 0 Å². The number of nitrogens with one attached hydrogen (secondary N) is 2. The van der Waals surface area contributed by atoms with Crippen LogP contribution in [0.5, 0.6) is 5.75 Å². The summed E-state index contributed by atoms with van der Waals surface area (Å²) >= 11 is 7.47. The summed E-state index contributed by atoms with van der Waals surface area (Å²) in [5.41, 5.74) is 0.813. The first kappa shape index (κ1) is 23.2. The van der Waals surface area contributed by atoms with Gasteiger partial charge in [0.2, 0.25) is 0 Å². The summed E-state index contributed by atoms with van der Waals surface area (Å²) in [5, 5.41) is 19.9. The number of halogens is 1.